The third-order valence-electron chi connectivity index (χ3n) is 6.98. The van der Waals surface area contributed by atoms with Crippen LogP contribution >= 0.6 is 0 Å². The molecule has 1 saturated heterocycles. The van der Waals surface area contributed by atoms with Gasteiger partial charge in [0.2, 0.25) is 0 Å². The second-order valence-electron chi connectivity index (χ2n) is 9.77. The van der Waals surface area contributed by atoms with Crippen molar-refractivity contribution in [2.45, 2.75) is 57.8 Å². The molecule has 0 bridgehead atoms. The first-order chi connectivity index (χ1) is 16.2. The van der Waals surface area contributed by atoms with Crippen molar-refractivity contribution in [1.29, 1.82) is 0 Å². The number of hydrogen-bond donors (Lipinski definition) is 1. The zero-order valence-corrected chi connectivity index (χ0v) is 19.8. The van der Waals surface area contributed by atoms with E-state index in [0.29, 0.717) is 49.1 Å². The van der Waals surface area contributed by atoms with E-state index < -0.39 is 11.7 Å². The third kappa shape index (κ3) is 5.90. The van der Waals surface area contributed by atoms with Crippen molar-refractivity contribution in [3.8, 4) is 0 Å². The van der Waals surface area contributed by atoms with Crippen molar-refractivity contribution in [3.05, 3.63) is 65.0 Å². The summed E-state index contributed by atoms with van der Waals surface area (Å²) in [5.74, 6) is 1.00. The highest BCUT2D eigenvalue weighted by Crippen LogP contribution is 2.31. The molecule has 2 aliphatic rings. The Morgan fingerprint density at radius 1 is 1.18 bits per heavy atom. The molecule has 3 atom stereocenters. The van der Waals surface area contributed by atoms with Crippen LogP contribution in [-0.4, -0.2) is 53.0 Å². The normalized spacial score (nSPS) is 20.2. The Morgan fingerprint density at radius 3 is 2.68 bits per heavy atom. The van der Waals surface area contributed by atoms with Crippen LogP contribution in [0.5, 0.6) is 0 Å². The summed E-state index contributed by atoms with van der Waals surface area (Å²) in [7, 11) is 0. The summed E-state index contributed by atoms with van der Waals surface area (Å²) in [5.41, 5.74) is 1.73. The van der Waals surface area contributed by atoms with E-state index in [-0.39, 0.29) is 18.6 Å². The van der Waals surface area contributed by atoms with Crippen LogP contribution in [0.2, 0.25) is 0 Å². The molecule has 34 heavy (non-hydrogen) atoms. The number of nitrogens with one attached hydrogen (secondary N) is 1. The summed E-state index contributed by atoms with van der Waals surface area (Å²) in [5, 5.41) is 3.62. The van der Waals surface area contributed by atoms with E-state index in [1.165, 1.54) is 5.56 Å². The Kier molecular flexibility index (Phi) is 7.45. The molecule has 2 aliphatic heterocycles. The zero-order chi connectivity index (χ0) is 24.3. The number of pyridine rings is 1. The molecule has 0 spiro atoms. The van der Waals surface area contributed by atoms with Crippen LogP contribution in [0.3, 0.4) is 0 Å². The van der Waals surface area contributed by atoms with E-state index in [9.17, 15) is 18.0 Å². The van der Waals surface area contributed by atoms with Gasteiger partial charge in [-0.05, 0) is 48.4 Å². The van der Waals surface area contributed by atoms with Crippen molar-refractivity contribution in [1.82, 2.24) is 20.1 Å². The van der Waals surface area contributed by atoms with Gasteiger partial charge >= 0.3 is 12.2 Å². The summed E-state index contributed by atoms with van der Waals surface area (Å²) < 4.78 is 39.2. The molecule has 2 amide bonds. The molecule has 3 unspecified atom stereocenters. The van der Waals surface area contributed by atoms with E-state index in [1.807, 2.05) is 11.0 Å². The van der Waals surface area contributed by atoms with Gasteiger partial charge in [-0.25, -0.2) is 4.79 Å². The summed E-state index contributed by atoms with van der Waals surface area (Å²) >= 11 is 0. The van der Waals surface area contributed by atoms with Gasteiger partial charge in [-0.15, -0.1) is 0 Å². The molecule has 5 nitrogen and oxygen atoms in total. The van der Waals surface area contributed by atoms with Crippen LogP contribution < -0.4 is 5.32 Å². The minimum Gasteiger partial charge on any atom is -0.323 e. The van der Waals surface area contributed by atoms with Crippen LogP contribution in [0, 0.1) is 5.92 Å². The van der Waals surface area contributed by atoms with Crippen LogP contribution in [-0.2, 0) is 19.1 Å². The standard InChI is InChI=1S/C26H33F3N4O/c1-18(12-19(2)20-6-4-3-5-7-20)14-30-23-8-10-33(17-23)25(34)32-11-9-24-21(16-32)13-22(15-31-24)26(27,28)29/h3-7,13,15,18-19,23,30H,8-12,14,16-17H2,1-2H3. The number of carbonyl (C=O) groups is 1. The molecule has 0 radical (unpaired) electrons. The second-order valence-corrected chi connectivity index (χ2v) is 9.77. The molecule has 1 fully saturated rings. The number of amides is 2. The topological polar surface area (TPSA) is 48.5 Å². The highest BCUT2D eigenvalue weighted by Gasteiger charge is 2.34. The number of hydrogen-bond acceptors (Lipinski definition) is 3. The number of nitrogens with zero attached hydrogens (tertiary/aromatic N) is 3. The average molecular weight is 475 g/mol. The summed E-state index contributed by atoms with van der Waals surface area (Å²) in [6.45, 7) is 7.35. The Bertz CT molecular complexity index is 982. The lowest BCUT2D eigenvalue weighted by Gasteiger charge is -2.32. The Balaban J connectivity index is 1.25. The minimum atomic E-state index is -4.43. The van der Waals surface area contributed by atoms with Gasteiger partial charge in [-0.2, -0.15) is 13.2 Å². The molecule has 3 heterocycles. The van der Waals surface area contributed by atoms with Gasteiger partial charge in [0.05, 0.1) is 5.56 Å². The van der Waals surface area contributed by atoms with Crippen LogP contribution in [0.1, 0.15) is 55.0 Å². The summed E-state index contributed by atoms with van der Waals surface area (Å²) in [4.78, 5) is 20.5. The second kappa shape index (κ2) is 10.3. The van der Waals surface area contributed by atoms with E-state index >= 15 is 0 Å². The predicted octanol–water partition coefficient (Wildman–Crippen LogP) is 5.07. The number of rotatable bonds is 6. The molecular weight excluding hydrogens is 441 g/mol. The highest BCUT2D eigenvalue weighted by molar-refractivity contribution is 5.75. The molecule has 0 aliphatic carbocycles. The number of urea groups is 1. The van der Waals surface area contributed by atoms with Crippen molar-refractivity contribution in [2.75, 3.05) is 26.2 Å². The molecule has 4 rings (SSSR count). The molecule has 1 aromatic heterocycles. The fourth-order valence-electron chi connectivity index (χ4n) is 5.02. The van der Waals surface area contributed by atoms with Crippen LogP contribution in [0.15, 0.2) is 42.6 Å². The highest BCUT2D eigenvalue weighted by atomic mass is 19.4. The minimum absolute atomic E-state index is 0.0990. The predicted molar refractivity (Wildman–Crippen MR) is 125 cm³/mol. The van der Waals surface area contributed by atoms with Crippen molar-refractivity contribution < 1.29 is 18.0 Å². The van der Waals surface area contributed by atoms with Gasteiger partial charge in [0, 0.05) is 50.5 Å². The third-order valence-corrected chi connectivity index (χ3v) is 6.98. The van der Waals surface area contributed by atoms with Gasteiger partial charge in [0.1, 0.15) is 0 Å². The van der Waals surface area contributed by atoms with Crippen molar-refractivity contribution >= 4 is 6.03 Å². The number of aromatic nitrogens is 1. The SMILES string of the molecule is CC(CNC1CCN(C(=O)N2CCc3ncc(C(F)(F)F)cc3C2)C1)CC(C)c1ccccc1. The van der Waals surface area contributed by atoms with E-state index in [1.54, 1.807) is 4.90 Å². The Morgan fingerprint density at radius 2 is 1.94 bits per heavy atom. The first kappa shape index (κ1) is 24.5. The Labute approximate surface area is 199 Å². The maximum atomic E-state index is 13.1. The zero-order valence-electron chi connectivity index (χ0n) is 19.8. The lowest BCUT2D eigenvalue weighted by molar-refractivity contribution is -0.137. The number of halogens is 3. The summed E-state index contributed by atoms with van der Waals surface area (Å²) in [6.07, 6.45) is -1.09. The van der Waals surface area contributed by atoms with Gasteiger partial charge < -0.3 is 15.1 Å². The largest absolute Gasteiger partial charge is 0.417 e. The first-order valence-corrected chi connectivity index (χ1v) is 12.1. The number of carbonyl (C=O) groups excluding carboxylic acids is 1. The lowest BCUT2D eigenvalue weighted by Crippen LogP contribution is -2.46. The number of fused-ring (bicyclic) bond motifs is 1. The van der Waals surface area contributed by atoms with Crippen LogP contribution in [0.4, 0.5) is 18.0 Å². The monoisotopic (exact) mass is 474 g/mol. The quantitative estimate of drug-likeness (QED) is 0.636. The van der Waals surface area contributed by atoms with Gasteiger partial charge in [0.15, 0.2) is 0 Å². The lowest BCUT2D eigenvalue weighted by atomic mass is 9.91. The van der Waals surface area contributed by atoms with E-state index in [2.05, 4.69) is 48.4 Å². The maximum absolute atomic E-state index is 13.1. The number of alkyl halides is 3. The Hall–Kier alpha value is -2.61. The van der Waals surface area contributed by atoms with Crippen molar-refractivity contribution in [3.63, 3.8) is 0 Å². The molecular formula is C26H33F3N4O. The van der Waals surface area contributed by atoms with E-state index in [0.717, 1.165) is 31.6 Å². The van der Waals surface area contributed by atoms with E-state index in [4.69, 9.17) is 0 Å². The van der Waals surface area contributed by atoms with Gasteiger partial charge in [-0.3, -0.25) is 4.98 Å². The molecule has 8 heteroatoms. The fourth-order valence-corrected chi connectivity index (χ4v) is 5.02. The molecule has 2 aromatic rings. The van der Waals surface area contributed by atoms with Crippen LogP contribution in [0.25, 0.3) is 0 Å². The smallest absolute Gasteiger partial charge is 0.323 e. The summed E-state index contributed by atoms with van der Waals surface area (Å²) in [6, 6.07) is 11.8. The van der Waals surface area contributed by atoms with Gasteiger partial charge in [-0.1, -0.05) is 44.2 Å². The fraction of sp³-hybridized carbons (Fsp3) is 0.538. The average Bonchev–Trinajstić information content (AvgIpc) is 3.30. The van der Waals surface area contributed by atoms with Gasteiger partial charge in [0.25, 0.3) is 0 Å². The first-order valence-electron chi connectivity index (χ1n) is 12.1. The molecule has 1 N–H and O–H groups in total. The maximum Gasteiger partial charge on any atom is 0.417 e. The molecule has 1 aromatic carbocycles. The number of likely N-dealkylation sites (tertiary alicyclic amines) is 1. The van der Waals surface area contributed by atoms with Crippen molar-refractivity contribution in [2.24, 2.45) is 5.92 Å². The molecule has 0 saturated carbocycles. The molecule has 184 valence electrons. The number of benzene rings is 1.